The second-order valence-corrected chi connectivity index (χ2v) is 4.02. The van der Waals surface area contributed by atoms with Gasteiger partial charge in [-0.05, 0) is 24.5 Å². The van der Waals surface area contributed by atoms with E-state index >= 15 is 0 Å². The van der Waals surface area contributed by atoms with Crippen molar-refractivity contribution in [2.24, 2.45) is 0 Å². The van der Waals surface area contributed by atoms with E-state index in [1.54, 1.807) is 0 Å². The first kappa shape index (κ1) is 9.69. The van der Waals surface area contributed by atoms with Crippen LogP contribution in [0.1, 0.15) is 18.1 Å². The highest BCUT2D eigenvalue weighted by Crippen LogP contribution is 2.22. The first-order chi connectivity index (χ1) is 6.81. The molecule has 0 aliphatic carbocycles. The van der Waals surface area contributed by atoms with Gasteiger partial charge in [0.1, 0.15) is 0 Å². The van der Waals surface area contributed by atoms with E-state index in [4.69, 9.17) is 5.11 Å². The maximum absolute atomic E-state index is 8.94. The molecule has 1 atom stereocenters. The molecule has 0 bridgehead atoms. The Morgan fingerprint density at radius 2 is 2.07 bits per heavy atom. The highest BCUT2D eigenvalue weighted by atomic mass is 16.3. The van der Waals surface area contributed by atoms with Gasteiger partial charge >= 0.3 is 0 Å². The number of hydrogen-bond acceptors (Lipinski definition) is 2. The third-order valence-corrected chi connectivity index (χ3v) is 3.02. The van der Waals surface area contributed by atoms with Gasteiger partial charge in [0.05, 0.1) is 6.61 Å². The van der Waals surface area contributed by atoms with Gasteiger partial charge in [-0.25, -0.2) is 0 Å². The molecular formula is C12H17NO. The molecule has 2 rings (SSSR count). The predicted octanol–water partition coefficient (Wildman–Crippen LogP) is 1.43. The van der Waals surface area contributed by atoms with Gasteiger partial charge in [0, 0.05) is 19.1 Å². The lowest BCUT2D eigenvalue weighted by Gasteiger charge is -2.34. The largest absolute Gasteiger partial charge is 0.395 e. The van der Waals surface area contributed by atoms with Gasteiger partial charge in [0.25, 0.3) is 0 Å². The van der Waals surface area contributed by atoms with E-state index in [0.717, 1.165) is 19.5 Å². The Balaban J connectivity index is 2.18. The van der Waals surface area contributed by atoms with Gasteiger partial charge in [-0.1, -0.05) is 24.3 Å². The van der Waals surface area contributed by atoms with Crippen molar-refractivity contribution in [3.63, 3.8) is 0 Å². The molecule has 2 heteroatoms. The Bertz CT molecular complexity index is 311. The van der Waals surface area contributed by atoms with Crippen LogP contribution in [0.15, 0.2) is 24.3 Å². The third kappa shape index (κ3) is 1.81. The quantitative estimate of drug-likeness (QED) is 0.764. The minimum atomic E-state index is 0.256. The van der Waals surface area contributed by atoms with Crippen LogP contribution in [0.4, 0.5) is 0 Å². The topological polar surface area (TPSA) is 23.5 Å². The molecule has 1 N–H and O–H groups in total. The average molecular weight is 191 g/mol. The number of hydrogen-bond donors (Lipinski definition) is 1. The van der Waals surface area contributed by atoms with E-state index in [0.29, 0.717) is 6.04 Å². The summed E-state index contributed by atoms with van der Waals surface area (Å²) < 4.78 is 0. The summed E-state index contributed by atoms with van der Waals surface area (Å²) >= 11 is 0. The van der Waals surface area contributed by atoms with Crippen LogP contribution in [-0.4, -0.2) is 29.2 Å². The third-order valence-electron chi connectivity index (χ3n) is 3.02. The van der Waals surface area contributed by atoms with Crippen LogP contribution in [0.3, 0.4) is 0 Å². The molecule has 0 spiro atoms. The van der Waals surface area contributed by atoms with Gasteiger partial charge < -0.3 is 5.11 Å². The summed E-state index contributed by atoms with van der Waals surface area (Å²) in [6.07, 6.45) is 1.11. The summed E-state index contributed by atoms with van der Waals surface area (Å²) in [5.74, 6) is 0. The summed E-state index contributed by atoms with van der Waals surface area (Å²) in [5, 5.41) is 8.94. The zero-order valence-electron chi connectivity index (χ0n) is 8.61. The van der Waals surface area contributed by atoms with Crippen LogP contribution in [0, 0.1) is 0 Å². The van der Waals surface area contributed by atoms with E-state index in [9.17, 15) is 0 Å². The Hall–Kier alpha value is -0.860. The van der Waals surface area contributed by atoms with Crippen molar-refractivity contribution in [1.82, 2.24) is 4.90 Å². The summed E-state index contributed by atoms with van der Waals surface area (Å²) in [4.78, 5) is 2.34. The summed E-state index contributed by atoms with van der Waals surface area (Å²) in [6, 6.07) is 9.14. The second-order valence-electron chi connectivity index (χ2n) is 4.02. The first-order valence-electron chi connectivity index (χ1n) is 5.23. The standard InChI is InChI=1S/C12H17NO/c1-10-8-11-4-2-3-5-12(11)9-13(10)6-7-14/h2-5,10,14H,6-9H2,1H3. The van der Waals surface area contributed by atoms with Crippen LogP contribution in [0.5, 0.6) is 0 Å². The molecule has 1 aliphatic rings. The number of benzene rings is 1. The lowest BCUT2D eigenvalue weighted by molar-refractivity contribution is 0.141. The molecule has 0 fully saturated rings. The fourth-order valence-electron chi connectivity index (χ4n) is 2.16. The predicted molar refractivity (Wildman–Crippen MR) is 57.1 cm³/mol. The molecule has 0 radical (unpaired) electrons. The molecule has 14 heavy (non-hydrogen) atoms. The van der Waals surface area contributed by atoms with E-state index < -0.39 is 0 Å². The monoisotopic (exact) mass is 191 g/mol. The molecule has 2 nitrogen and oxygen atoms in total. The molecule has 76 valence electrons. The first-order valence-corrected chi connectivity index (χ1v) is 5.23. The Kier molecular flexibility index (Phi) is 2.85. The highest BCUT2D eigenvalue weighted by molar-refractivity contribution is 5.29. The van der Waals surface area contributed by atoms with Gasteiger partial charge in [0.2, 0.25) is 0 Å². The molecule has 1 aliphatic heterocycles. The molecule has 0 amide bonds. The number of nitrogens with zero attached hydrogens (tertiary/aromatic N) is 1. The fourth-order valence-corrected chi connectivity index (χ4v) is 2.16. The van der Waals surface area contributed by atoms with E-state index in [1.807, 2.05) is 0 Å². The van der Waals surface area contributed by atoms with E-state index in [2.05, 4.69) is 36.1 Å². The Morgan fingerprint density at radius 3 is 2.79 bits per heavy atom. The number of fused-ring (bicyclic) bond motifs is 1. The van der Waals surface area contributed by atoms with Crippen molar-refractivity contribution in [3.05, 3.63) is 35.4 Å². The molecule has 0 aromatic heterocycles. The summed E-state index contributed by atoms with van der Waals surface area (Å²) in [7, 11) is 0. The molecule has 0 saturated carbocycles. The molecule has 1 aromatic rings. The lowest BCUT2D eigenvalue weighted by atomic mass is 9.95. The molecule has 1 heterocycles. The van der Waals surface area contributed by atoms with Crippen molar-refractivity contribution in [2.45, 2.75) is 25.9 Å². The van der Waals surface area contributed by atoms with E-state index in [1.165, 1.54) is 11.1 Å². The number of aliphatic hydroxyl groups is 1. The van der Waals surface area contributed by atoms with Gasteiger partial charge in [-0.3, -0.25) is 4.90 Å². The van der Waals surface area contributed by atoms with Gasteiger partial charge in [-0.2, -0.15) is 0 Å². The van der Waals surface area contributed by atoms with Crippen molar-refractivity contribution in [3.8, 4) is 0 Å². The van der Waals surface area contributed by atoms with Crippen molar-refractivity contribution >= 4 is 0 Å². The Labute approximate surface area is 85.2 Å². The van der Waals surface area contributed by atoms with Gasteiger partial charge in [-0.15, -0.1) is 0 Å². The fraction of sp³-hybridized carbons (Fsp3) is 0.500. The molecule has 0 saturated heterocycles. The highest BCUT2D eigenvalue weighted by Gasteiger charge is 2.21. The average Bonchev–Trinajstić information content (AvgIpc) is 2.19. The minimum absolute atomic E-state index is 0.256. The number of aliphatic hydroxyl groups excluding tert-OH is 1. The normalized spacial score (nSPS) is 22.0. The van der Waals surface area contributed by atoms with Crippen LogP contribution in [-0.2, 0) is 13.0 Å². The smallest absolute Gasteiger partial charge is 0.0558 e. The van der Waals surface area contributed by atoms with Crippen molar-refractivity contribution in [2.75, 3.05) is 13.2 Å². The van der Waals surface area contributed by atoms with Crippen LogP contribution in [0.25, 0.3) is 0 Å². The van der Waals surface area contributed by atoms with Crippen LogP contribution >= 0.6 is 0 Å². The zero-order valence-corrected chi connectivity index (χ0v) is 8.61. The maximum Gasteiger partial charge on any atom is 0.0558 e. The van der Waals surface area contributed by atoms with Crippen LogP contribution in [0.2, 0.25) is 0 Å². The second kappa shape index (κ2) is 4.11. The van der Waals surface area contributed by atoms with Gasteiger partial charge in [0.15, 0.2) is 0 Å². The SMILES string of the molecule is CC1Cc2ccccc2CN1CCO. The van der Waals surface area contributed by atoms with Crippen LogP contribution < -0.4 is 0 Å². The molecule has 1 unspecified atom stereocenters. The molecule has 1 aromatic carbocycles. The maximum atomic E-state index is 8.94. The number of β-amino-alcohol motifs (C(OH)–C–C–N with tert-alkyl or cyclic N) is 1. The minimum Gasteiger partial charge on any atom is -0.395 e. The van der Waals surface area contributed by atoms with Crippen molar-refractivity contribution < 1.29 is 5.11 Å². The summed E-state index contributed by atoms with van der Waals surface area (Å²) in [6.45, 7) is 4.26. The van der Waals surface area contributed by atoms with Crippen molar-refractivity contribution in [1.29, 1.82) is 0 Å². The number of rotatable bonds is 2. The molecular weight excluding hydrogens is 174 g/mol. The zero-order chi connectivity index (χ0) is 9.97. The Morgan fingerprint density at radius 1 is 1.36 bits per heavy atom. The lowest BCUT2D eigenvalue weighted by Crippen LogP contribution is -2.39. The van der Waals surface area contributed by atoms with E-state index in [-0.39, 0.29) is 6.61 Å². The summed E-state index contributed by atoms with van der Waals surface area (Å²) in [5.41, 5.74) is 2.88.